The zero-order chi connectivity index (χ0) is 11.4. The minimum Gasteiger partial charge on any atom is -0.195 e. The van der Waals surface area contributed by atoms with Crippen LogP contribution in [0.4, 0.5) is 0 Å². The Labute approximate surface area is 91.9 Å². The van der Waals surface area contributed by atoms with Crippen LogP contribution in [0.5, 0.6) is 0 Å². The van der Waals surface area contributed by atoms with E-state index in [9.17, 15) is 0 Å². The number of allylic oxidation sites excluding steroid dienone is 1. The van der Waals surface area contributed by atoms with Crippen LogP contribution in [0.1, 0.15) is 46.5 Å². The predicted molar refractivity (Wildman–Crippen MR) is 60.6 cm³/mol. The lowest BCUT2D eigenvalue weighted by atomic mass is 9.90. The van der Waals surface area contributed by atoms with Crippen molar-refractivity contribution in [1.29, 1.82) is 5.26 Å². The normalized spacial score (nSPS) is 26.8. The Balaban J connectivity index is 2.82. The van der Waals surface area contributed by atoms with Crippen molar-refractivity contribution in [3.05, 3.63) is 12.2 Å². The second-order valence-corrected chi connectivity index (χ2v) is 4.70. The molecule has 3 heteroatoms. The highest BCUT2D eigenvalue weighted by Gasteiger charge is 2.29. The summed E-state index contributed by atoms with van der Waals surface area (Å²) in [5, 5.41) is 17.7. The highest BCUT2D eigenvalue weighted by Crippen LogP contribution is 2.27. The second-order valence-electron chi connectivity index (χ2n) is 4.70. The number of rotatable bonds is 3. The van der Waals surface area contributed by atoms with Crippen LogP contribution in [-0.4, -0.2) is 11.1 Å². The molecule has 1 aliphatic carbocycles. The van der Waals surface area contributed by atoms with Crippen LogP contribution in [-0.2, 0) is 0 Å². The standard InChI is InChI=1S/C12H19N3/c1-4-11(2,3)14-15-12(10-13)8-6-5-7-9-12/h6,8H,4-5,7,9H2,1-3H3. The summed E-state index contributed by atoms with van der Waals surface area (Å²) in [4.78, 5) is 0. The fraction of sp³-hybridized carbons (Fsp3) is 0.750. The van der Waals surface area contributed by atoms with Crippen LogP contribution >= 0.6 is 0 Å². The molecule has 0 amide bonds. The first kappa shape index (κ1) is 11.9. The van der Waals surface area contributed by atoms with Gasteiger partial charge in [-0.3, -0.25) is 0 Å². The number of nitriles is 1. The number of hydrogen-bond donors (Lipinski definition) is 0. The Morgan fingerprint density at radius 2 is 2.27 bits per heavy atom. The van der Waals surface area contributed by atoms with Gasteiger partial charge in [0, 0.05) is 0 Å². The molecule has 1 aliphatic rings. The van der Waals surface area contributed by atoms with E-state index < -0.39 is 5.54 Å². The molecule has 1 atom stereocenters. The summed E-state index contributed by atoms with van der Waals surface area (Å²) in [5.41, 5.74) is -0.847. The maximum absolute atomic E-state index is 9.16. The van der Waals surface area contributed by atoms with Crippen LogP contribution in [0, 0.1) is 11.3 Å². The third-order valence-corrected chi connectivity index (χ3v) is 2.88. The van der Waals surface area contributed by atoms with Gasteiger partial charge >= 0.3 is 0 Å². The van der Waals surface area contributed by atoms with E-state index in [4.69, 9.17) is 5.26 Å². The zero-order valence-corrected chi connectivity index (χ0v) is 9.82. The highest BCUT2D eigenvalue weighted by atomic mass is 15.2. The molecule has 0 saturated carbocycles. The topological polar surface area (TPSA) is 48.5 Å². The summed E-state index contributed by atoms with van der Waals surface area (Å²) in [7, 11) is 0. The van der Waals surface area contributed by atoms with Gasteiger partial charge < -0.3 is 0 Å². The first-order chi connectivity index (χ1) is 7.04. The van der Waals surface area contributed by atoms with Crippen molar-refractivity contribution in [1.82, 2.24) is 0 Å². The summed E-state index contributed by atoms with van der Waals surface area (Å²) in [6, 6.07) is 2.27. The highest BCUT2D eigenvalue weighted by molar-refractivity contribution is 5.22. The van der Waals surface area contributed by atoms with Gasteiger partial charge in [0.15, 0.2) is 5.54 Å². The summed E-state index contributed by atoms with van der Waals surface area (Å²) < 4.78 is 0. The molecule has 0 heterocycles. The molecular weight excluding hydrogens is 186 g/mol. The maximum atomic E-state index is 9.16. The molecular formula is C12H19N3. The van der Waals surface area contributed by atoms with Crippen molar-refractivity contribution in [3.8, 4) is 6.07 Å². The first-order valence-electron chi connectivity index (χ1n) is 5.57. The van der Waals surface area contributed by atoms with Crippen LogP contribution < -0.4 is 0 Å². The molecule has 0 radical (unpaired) electrons. The SMILES string of the molecule is CCC(C)(C)N=NC1(C#N)C=CCCC1. The van der Waals surface area contributed by atoms with Gasteiger partial charge in [-0.1, -0.05) is 13.0 Å². The molecule has 0 N–H and O–H groups in total. The molecule has 3 nitrogen and oxygen atoms in total. The zero-order valence-electron chi connectivity index (χ0n) is 9.82. The summed E-state index contributed by atoms with van der Waals surface area (Å²) in [6.07, 6.45) is 7.73. The van der Waals surface area contributed by atoms with Crippen LogP contribution in [0.3, 0.4) is 0 Å². The largest absolute Gasteiger partial charge is 0.195 e. The van der Waals surface area contributed by atoms with Gasteiger partial charge in [-0.05, 0) is 45.6 Å². The van der Waals surface area contributed by atoms with Crippen molar-refractivity contribution in [2.24, 2.45) is 10.2 Å². The Kier molecular flexibility index (Phi) is 3.62. The van der Waals surface area contributed by atoms with Crippen molar-refractivity contribution in [3.63, 3.8) is 0 Å². The van der Waals surface area contributed by atoms with E-state index in [0.29, 0.717) is 0 Å². The van der Waals surface area contributed by atoms with E-state index in [0.717, 1.165) is 25.7 Å². The minimum atomic E-state index is -0.690. The summed E-state index contributed by atoms with van der Waals surface area (Å²) >= 11 is 0. The maximum Gasteiger partial charge on any atom is 0.185 e. The summed E-state index contributed by atoms with van der Waals surface area (Å²) in [5.74, 6) is 0. The number of hydrogen-bond acceptors (Lipinski definition) is 3. The molecule has 15 heavy (non-hydrogen) atoms. The van der Waals surface area contributed by atoms with E-state index in [2.05, 4.69) is 23.2 Å². The minimum absolute atomic E-state index is 0.158. The molecule has 0 spiro atoms. The van der Waals surface area contributed by atoms with Gasteiger partial charge in [0.1, 0.15) is 0 Å². The van der Waals surface area contributed by atoms with Crippen molar-refractivity contribution in [2.75, 3.05) is 0 Å². The van der Waals surface area contributed by atoms with Gasteiger partial charge in [0.2, 0.25) is 0 Å². The average molecular weight is 205 g/mol. The molecule has 1 unspecified atom stereocenters. The molecule has 0 aromatic heterocycles. The van der Waals surface area contributed by atoms with E-state index in [1.165, 1.54) is 0 Å². The van der Waals surface area contributed by atoms with Crippen molar-refractivity contribution >= 4 is 0 Å². The average Bonchev–Trinajstić information content (AvgIpc) is 2.28. The molecule has 82 valence electrons. The van der Waals surface area contributed by atoms with E-state index in [-0.39, 0.29) is 5.54 Å². The summed E-state index contributed by atoms with van der Waals surface area (Å²) in [6.45, 7) is 6.15. The molecule has 1 rings (SSSR count). The fourth-order valence-corrected chi connectivity index (χ4v) is 1.35. The van der Waals surface area contributed by atoms with Crippen LogP contribution in [0.15, 0.2) is 22.4 Å². The van der Waals surface area contributed by atoms with Crippen molar-refractivity contribution < 1.29 is 0 Å². The molecule has 0 aliphatic heterocycles. The fourth-order valence-electron chi connectivity index (χ4n) is 1.35. The van der Waals surface area contributed by atoms with Crippen molar-refractivity contribution in [2.45, 2.75) is 57.5 Å². The monoisotopic (exact) mass is 205 g/mol. The Morgan fingerprint density at radius 1 is 1.53 bits per heavy atom. The lowest BCUT2D eigenvalue weighted by Gasteiger charge is -2.22. The van der Waals surface area contributed by atoms with E-state index in [1.54, 1.807) is 0 Å². The van der Waals surface area contributed by atoms with Gasteiger partial charge in [-0.2, -0.15) is 15.5 Å². The Hall–Kier alpha value is -1.17. The predicted octanol–water partition coefficient (Wildman–Crippen LogP) is 3.63. The molecule has 0 bridgehead atoms. The lowest BCUT2D eigenvalue weighted by molar-refractivity contribution is 0.432. The van der Waals surface area contributed by atoms with E-state index >= 15 is 0 Å². The first-order valence-corrected chi connectivity index (χ1v) is 5.57. The molecule has 0 aromatic rings. The molecule has 0 saturated heterocycles. The van der Waals surface area contributed by atoms with Gasteiger partial charge in [-0.25, -0.2) is 0 Å². The molecule has 0 fully saturated rings. The molecule has 0 aromatic carbocycles. The third kappa shape index (κ3) is 3.16. The van der Waals surface area contributed by atoms with Gasteiger partial charge in [0.05, 0.1) is 11.6 Å². The van der Waals surface area contributed by atoms with Gasteiger partial charge in [0.25, 0.3) is 0 Å². The lowest BCUT2D eigenvalue weighted by Crippen LogP contribution is -2.25. The Morgan fingerprint density at radius 3 is 2.73 bits per heavy atom. The smallest absolute Gasteiger partial charge is 0.185 e. The van der Waals surface area contributed by atoms with Gasteiger partial charge in [-0.15, -0.1) is 0 Å². The third-order valence-electron chi connectivity index (χ3n) is 2.88. The number of nitrogens with zero attached hydrogens (tertiary/aromatic N) is 3. The van der Waals surface area contributed by atoms with E-state index in [1.807, 2.05) is 26.0 Å². The van der Waals surface area contributed by atoms with Crippen LogP contribution in [0.25, 0.3) is 0 Å². The quantitative estimate of drug-likeness (QED) is 0.512. The second kappa shape index (κ2) is 4.57. The number of azo groups is 1. The Bertz CT molecular complexity index is 309. The van der Waals surface area contributed by atoms with Crippen LogP contribution in [0.2, 0.25) is 0 Å².